The predicted molar refractivity (Wildman–Crippen MR) is 60.2 cm³/mol. The fraction of sp³-hybridized carbons (Fsp3) is 0.917. The van der Waals surface area contributed by atoms with Gasteiger partial charge in [-0.1, -0.05) is 13.3 Å². The van der Waals surface area contributed by atoms with E-state index >= 15 is 0 Å². The van der Waals surface area contributed by atoms with Gasteiger partial charge in [0.1, 0.15) is 0 Å². The Balaban J connectivity index is 0.000000423. The van der Waals surface area contributed by atoms with Crippen molar-refractivity contribution in [2.24, 2.45) is 0 Å². The molecule has 1 saturated heterocycles. The Morgan fingerprint density at radius 2 is 1.73 bits per heavy atom. The van der Waals surface area contributed by atoms with Gasteiger partial charge in [-0.25, -0.2) is 0 Å². The molecule has 1 rings (SSSR count). The van der Waals surface area contributed by atoms with Crippen LogP contribution in [0.3, 0.4) is 0 Å². The topological polar surface area (TPSA) is 40.1 Å². The summed E-state index contributed by atoms with van der Waals surface area (Å²) < 4.78 is 1.36. The molecule has 0 aliphatic carbocycles. The quantitative estimate of drug-likeness (QED) is 0.522. The Bertz CT molecular complexity index is 170. The van der Waals surface area contributed by atoms with E-state index in [1.165, 1.54) is 56.2 Å². The number of nitrogens with zero attached hydrogens (tertiary/aromatic N) is 1. The zero-order chi connectivity index (χ0) is 11.7. The van der Waals surface area contributed by atoms with E-state index in [0.717, 1.165) is 6.92 Å². The molecule has 0 unspecified atom stereocenters. The number of quaternary nitrogens is 1. The molecule has 1 fully saturated rings. The van der Waals surface area contributed by atoms with Crippen LogP contribution in [-0.2, 0) is 4.79 Å². The molecular weight excluding hydrogens is 190 g/mol. The first kappa shape index (κ1) is 14.4. The van der Waals surface area contributed by atoms with Gasteiger partial charge in [-0.05, 0) is 19.8 Å². The second kappa shape index (κ2) is 7.69. The van der Waals surface area contributed by atoms with E-state index in [1.54, 1.807) is 0 Å². The van der Waals surface area contributed by atoms with Crippen molar-refractivity contribution in [3.8, 4) is 0 Å². The summed E-state index contributed by atoms with van der Waals surface area (Å²) in [6.45, 7) is 7.55. The molecule has 0 aromatic heterocycles. The second-order valence-electron chi connectivity index (χ2n) is 4.70. The first-order valence-electron chi connectivity index (χ1n) is 6.01. The number of carboxylic acid groups (broad SMARTS) is 1. The van der Waals surface area contributed by atoms with E-state index in [1.807, 2.05) is 0 Å². The molecule has 15 heavy (non-hydrogen) atoms. The molecule has 1 aliphatic rings. The SMILES string of the molecule is CC(=O)[O-].CCCCC[N+]1(C)CCCC1. The fourth-order valence-electron chi connectivity index (χ4n) is 2.07. The minimum absolute atomic E-state index is 0.972. The van der Waals surface area contributed by atoms with Crippen LogP contribution in [0.25, 0.3) is 0 Å². The van der Waals surface area contributed by atoms with Crippen molar-refractivity contribution in [1.82, 2.24) is 0 Å². The van der Waals surface area contributed by atoms with Crippen LogP contribution in [0.4, 0.5) is 0 Å². The zero-order valence-electron chi connectivity index (χ0n) is 10.4. The molecule has 0 amide bonds. The molecular formula is C12H25NO2. The molecule has 1 aliphatic heterocycles. The van der Waals surface area contributed by atoms with E-state index in [2.05, 4.69) is 14.0 Å². The highest BCUT2D eigenvalue weighted by atomic mass is 16.4. The lowest BCUT2D eigenvalue weighted by molar-refractivity contribution is -0.897. The number of carbonyl (C=O) groups is 1. The summed E-state index contributed by atoms with van der Waals surface area (Å²) in [5.41, 5.74) is 0. The van der Waals surface area contributed by atoms with Gasteiger partial charge in [0, 0.05) is 18.8 Å². The highest BCUT2D eigenvalue weighted by molar-refractivity contribution is 5.60. The van der Waals surface area contributed by atoms with Gasteiger partial charge in [0.15, 0.2) is 0 Å². The van der Waals surface area contributed by atoms with E-state index in [4.69, 9.17) is 9.90 Å². The highest BCUT2D eigenvalue weighted by Crippen LogP contribution is 2.17. The summed E-state index contributed by atoms with van der Waals surface area (Å²) in [6.07, 6.45) is 7.14. The number of unbranched alkanes of at least 4 members (excludes halogenated alkanes) is 2. The standard InChI is InChI=1S/C10H22N.C2H4O2/c1-3-4-5-8-11(2)9-6-7-10-11;1-2(3)4/h3-10H2,1-2H3;1H3,(H,3,4)/q+1;/p-1. The van der Waals surface area contributed by atoms with Crippen LogP contribution in [-0.4, -0.2) is 37.1 Å². The summed E-state index contributed by atoms with van der Waals surface area (Å²) >= 11 is 0. The van der Waals surface area contributed by atoms with Crippen LogP contribution < -0.4 is 5.11 Å². The Morgan fingerprint density at radius 3 is 2.13 bits per heavy atom. The molecule has 0 aromatic carbocycles. The molecule has 0 bridgehead atoms. The number of hydrogen-bond donors (Lipinski definition) is 0. The third kappa shape index (κ3) is 8.43. The molecule has 3 heteroatoms. The number of aliphatic carboxylic acids is 1. The van der Waals surface area contributed by atoms with Crippen molar-refractivity contribution >= 4 is 5.97 Å². The summed E-state index contributed by atoms with van der Waals surface area (Å²) in [5.74, 6) is -1.08. The normalized spacial score (nSPS) is 18.1. The minimum atomic E-state index is -1.08. The predicted octanol–water partition coefficient (Wildman–Crippen LogP) is 1.17. The number of hydrogen-bond acceptors (Lipinski definition) is 2. The summed E-state index contributed by atoms with van der Waals surface area (Å²) in [5, 5.41) is 8.89. The van der Waals surface area contributed by atoms with Gasteiger partial charge >= 0.3 is 0 Å². The van der Waals surface area contributed by atoms with Crippen LogP contribution >= 0.6 is 0 Å². The van der Waals surface area contributed by atoms with Crippen molar-refractivity contribution in [2.45, 2.75) is 46.0 Å². The van der Waals surface area contributed by atoms with Gasteiger partial charge in [0.05, 0.1) is 26.7 Å². The van der Waals surface area contributed by atoms with Crippen molar-refractivity contribution in [1.29, 1.82) is 0 Å². The summed E-state index contributed by atoms with van der Waals surface area (Å²) in [4.78, 5) is 8.89. The molecule has 0 N–H and O–H groups in total. The number of rotatable bonds is 4. The van der Waals surface area contributed by atoms with Gasteiger partial charge in [0.2, 0.25) is 0 Å². The smallest absolute Gasteiger partial charge is 0.0786 e. The van der Waals surface area contributed by atoms with E-state index < -0.39 is 5.97 Å². The first-order chi connectivity index (χ1) is 7.00. The zero-order valence-corrected chi connectivity index (χ0v) is 10.4. The molecule has 0 spiro atoms. The van der Waals surface area contributed by atoms with Crippen LogP contribution in [0.2, 0.25) is 0 Å². The Kier molecular flexibility index (Phi) is 7.39. The Labute approximate surface area is 93.7 Å². The number of carbonyl (C=O) groups excluding carboxylic acids is 1. The average molecular weight is 215 g/mol. The highest BCUT2D eigenvalue weighted by Gasteiger charge is 2.25. The monoisotopic (exact) mass is 215 g/mol. The van der Waals surface area contributed by atoms with E-state index in [-0.39, 0.29) is 0 Å². The van der Waals surface area contributed by atoms with Crippen LogP contribution in [0.5, 0.6) is 0 Å². The van der Waals surface area contributed by atoms with Crippen LogP contribution in [0.1, 0.15) is 46.0 Å². The maximum absolute atomic E-state index is 8.89. The average Bonchev–Trinajstić information content (AvgIpc) is 2.52. The van der Waals surface area contributed by atoms with Gasteiger partial charge in [-0.15, -0.1) is 0 Å². The maximum Gasteiger partial charge on any atom is 0.0786 e. The summed E-state index contributed by atoms with van der Waals surface area (Å²) in [7, 11) is 2.42. The van der Waals surface area contributed by atoms with Crippen molar-refractivity contribution < 1.29 is 14.4 Å². The molecule has 1 heterocycles. The molecule has 0 aromatic rings. The molecule has 3 nitrogen and oxygen atoms in total. The molecule has 90 valence electrons. The lowest BCUT2D eigenvalue weighted by Crippen LogP contribution is -2.41. The molecule has 0 atom stereocenters. The third-order valence-electron chi connectivity index (χ3n) is 2.95. The molecule has 0 radical (unpaired) electrons. The lowest BCUT2D eigenvalue weighted by atomic mass is 10.2. The number of carboxylic acids is 1. The van der Waals surface area contributed by atoms with Crippen LogP contribution in [0.15, 0.2) is 0 Å². The lowest BCUT2D eigenvalue weighted by Gasteiger charge is -2.28. The first-order valence-corrected chi connectivity index (χ1v) is 6.01. The van der Waals surface area contributed by atoms with Gasteiger partial charge in [-0.2, -0.15) is 0 Å². The van der Waals surface area contributed by atoms with Gasteiger partial charge in [-0.3, -0.25) is 0 Å². The largest absolute Gasteiger partial charge is 0.550 e. The maximum atomic E-state index is 8.89. The Morgan fingerprint density at radius 1 is 1.27 bits per heavy atom. The van der Waals surface area contributed by atoms with Gasteiger partial charge in [0.25, 0.3) is 0 Å². The number of likely N-dealkylation sites (tertiary alicyclic amines) is 1. The summed E-state index contributed by atoms with van der Waals surface area (Å²) in [6, 6.07) is 0. The molecule has 0 saturated carbocycles. The third-order valence-corrected chi connectivity index (χ3v) is 2.95. The fourth-order valence-corrected chi connectivity index (χ4v) is 2.07. The van der Waals surface area contributed by atoms with Crippen LogP contribution in [0, 0.1) is 0 Å². The van der Waals surface area contributed by atoms with E-state index in [0.29, 0.717) is 0 Å². The van der Waals surface area contributed by atoms with Gasteiger partial charge < -0.3 is 14.4 Å². The van der Waals surface area contributed by atoms with Crippen molar-refractivity contribution in [3.63, 3.8) is 0 Å². The second-order valence-corrected chi connectivity index (χ2v) is 4.70. The Hall–Kier alpha value is -0.570. The van der Waals surface area contributed by atoms with Crippen molar-refractivity contribution in [3.05, 3.63) is 0 Å². The van der Waals surface area contributed by atoms with Crippen molar-refractivity contribution in [2.75, 3.05) is 26.7 Å². The van der Waals surface area contributed by atoms with E-state index in [9.17, 15) is 0 Å². The minimum Gasteiger partial charge on any atom is -0.550 e.